The van der Waals surface area contributed by atoms with Crippen molar-refractivity contribution in [1.29, 1.82) is 0 Å². The zero-order valence-corrected chi connectivity index (χ0v) is 14.4. The molecule has 0 saturated carbocycles. The minimum Gasteiger partial charge on any atom is -0.508 e. The molecular weight excluding hydrogens is 288 g/mol. The van der Waals surface area contributed by atoms with Crippen LogP contribution in [0.15, 0.2) is 48.5 Å². The first-order valence-corrected chi connectivity index (χ1v) is 7.73. The van der Waals surface area contributed by atoms with Gasteiger partial charge in [-0.15, -0.1) is 0 Å². The molecule has 0 aliphatic rings. The number of carbonyl (C=O) groups is 1. The fraction of sp³-hybridized carbons (Fsp3) is 0.350. The Labute approximate surface area is 137 Å². The lowest BCUT2D eigenvalue weighted by molar-refractivity contribution is -0.142. The first-order chi connectivity index (χ1) is 10.6. The zero-order valence-electron chi connectivity index (χ0n) is 14.4. The van der Waals surface area contributed by atoms with E-state index in [1.54, 1.807) is 12.1 Å². The molecule has 3 heteroatoms. The summed E-state index contributed by atoms with van der Waals surface area (Å²) >= 11 is 0. The number of carbonyl (C=O) groups excluding carboxylic acids is 1. The van der Waals surface area contributed by atoms with E-state index < -0.39 is 5.41 Å². The summed E-state index contributed by atoms with van der Waals surface area (Å²) in [6.07, 6.45) is 0. The summed E-state index contributed by atoms with van der Waals surface area (Å²) in [5, 5.41) is 9.43. The van der Waals surface area contributed by atoms with Gasteiger partial charge in [0.15, 0.2) is 0 Å². The van der Waals surface area contributed by atoms with Crippen LogP contribution >= 0.6 is 0 Å². The Bertz CT molecular complexity index is 674. The quantitative estimate of drug-likeness (QED) is 0.662. The van der Waals surface area contributed by atoms with Crippen molar-refractivity contribution in [2.75, 3.05) is 0 Å². The lowest BCUT2D eigenvalue weighted by Gasteiger charge is -2.26. The maximum absolute atomic E-state index is 11.9. The number of benzene rings is 2. The third-order valence-electron chi connectivity index (χ3n) is 3.99. The van der Waals surface area contributed by atoms with Crippen LogP contribution < -0.4 is 4.74 Å². The van der Waals surface area contributed by atoms with Gasteiger partial charge in [0.25, 0.3) is 0 Å². The summed E-state index contributed by atoms with van der Waals surface area (Å²) in [4.78, 5) is 11.9. The van der Waals surface area contributed by atoms with Gasteiger partial charge in [0, 0.05) is 5.41 Å². The number of phenolic OH excluding ortho intramolecular Hbond substituents is 1. The largest absolute Gasteiger partial charge is 0.508 e. The zero-order chi connectivity index (χ0) is 17.3. The topological polar surface area (TPSA) is 46.5 Å². The number of hydrogen-bond acceptors (Lipinski definition) is 3. The van der Waals surface area contributed by atoms with E-state index in [9.17, 15) is 9.90 Å². The number of rotatable bonds is 3. The van der Waals surface area contributed by atoms with Crippen molar-refractivity contribution in [3.63, 3.8) is 0 Å². The van der Waals surface area contributed by atoms with Gasteiger partial charge in [-0.25, -0.2) is 0 Å². The second-order valence-corrected chi connectivity index (χ2v) is 7.34. The standard InChI is InChI=1S/C20H24O3/c1-19(2,3)18(22)23-17-12-8-15(9-13-17)20(4,5)14-6-10-16(21)11-7-14/h6-13,21H,1-5H3. The molecule has 0 spiro atoms. The number of esters is 1. The second kappa shape index (κ2) is 6.07. The molecule has 2 aromatic rings. The molecule has 2 aromatic carbocycles. The highest BCUT2D eigenvalue weighted by atomic mass is 16.5. The van der Waals surface area contributed by atoms with E-state index in [1.165, 1.54) is 0 Å². The molecule has 0 aromatic heterocycles. The van der Waals surface area contributed by atoms with Crippen LogP contribution in [0.2, 0.25) is 0 Å². The van der Waals surface area contributed by atoms with Crippen molar-refractivity contribution < 1.29 is 14.6 Å². The van der Waals surface area contributed by atoms with Gasteiger partial charge < -0.3 is 9.84 Å². The average Bonchev–Trinajstić information content (AvgIpc) is 2.47. The van der Waals surface area contributed by atoms with Crippen LogP contribution in [0.5, 0.6) is 11.5 Å². The molecule has 0 heterocycles. The summed E-state index contributed by atoms with van der Waals surface area (Å²) in [6.45, 7) is 9.73. The minimum atomic E-state index is -0.524. The van der Waals surface area contributed by atoms with Crippen molar-refractivity contribution in [3.05, 3.63) is 59.7 Å². The van der Waals surface area contributed by atoms with E-state index in [-0.39, 0.29) is 17.1 Å². The third kappa shape index (κ3) is 3.92. The van der Waals surface area contributed by atoms with Crippen LogP contribution in [0.25, 0.3) is 0 Å². The second-order valence-electron chi connectivity index (χ2n) is 7.34. The summed E-state index contributed by atoms with van der Waals surface area (Å²) in [6, 6.07) is 14.8. The monoisotopic (exact) mass is 312 g/mol. The molecule has 0 aliphatic carbocycles. The molecule has 0 fully saturated rings. The molecule has 3 nitrogen and oxygen atoms in total. The van der Waals surface area contributed by atoms with Gasteiger partial charge in [0.1, 0.15) is 11.5 Å². The molecule has 0 unspecified atom stereocenters. The number of hydrogen-bond donors (Lipinski definition) is 1. The fourth-order valence-corrected chi connectivity index (χ4v) is 2.24. The van der Waals surface area contributed by atoms with Gasteiger partial charge in [-0.2, -0.15) is 0 Å². The normalized spacial score (nSPS) is 12.0. The van der Waals surface area contributed by atoms with E-state index in [2.05, 4.69) is 13.8 Å². The van der Waals surface area contributed by atoms with E-state index in [1.807, 2.05) is 57.2 Å². The van der Waals surface area contributed by atoms with E-state index in [4.69, 9.17) is 4.74 Å². The van der Waals surface area contributed by atoms with Gasteiger partial charge in [0.05, 0.1) is 5.41 Å². The molecular formula is C20H24O3. The first-order valence-electron chi connectivity index (χ1n) is 7.73. The molecule has 0 atom stereocenters. The molecule has 0 amide bonds. The van der Waals surface area contributed by atoms with Gasteiger partial charge >= 0.3 is 5.97 Å². The maximum Gasteiger partial charge on any atom is 0.316 e. The minimum absolute atomic E-state index is 0.208. The van der Waals surface area contributed by atoms with Crippen LogP contribution in [-0.4, -0.2) is 11.1 Å². The molecule has 0 bridgehead atoms. The number of aromatic hydroxyl groups is 1. The Kier molecular flexibility index (Phi) is 4.51. The predicted molar refractivity (Wildman–Crippen MR) is 91.8 cm³/mol. The lowest BCUT2D eigenvalue weighted by Crippen LogP contribution is -2.25. The lowest BCUT2D eigenvalue weighted by atomic mass is 9.78. The van der Waals surface area contributed by atoms with Gasteiger partial charge in [-0.3, -0.25) is 4.79 Å². The molecule has 0 aliphatic heterocycles. The first kappa shape index (κ1) is 17.1. The van der Waals surface area contributed by atoms with Crippen LogP contribution in [0, 0.1) is 5.41 Å². The van der Waals surface area contributed by atoms with Crippen molar-refractivity contribution in [2.24, 2.45) is 5.41 Å². The van der Waals surface area contributed by atoms with E-state index in [0.717, 1.165) is 11.1 Å². The van der Waals surface area contributed by atoms with E-state index >= 15 is 0 Å². The summed E-state index contributed by atoms with van der Waals surface area (Å²) in [7, 11) is 0. The van der Waals surface area contributed by atoms with Gasteiger partial charge in [-0.05, 0) is 56.2 Å². The SMILES string of the molecule is CC(C)(C)C(=O)Oc1ccc(C(C)(C)c2ccc(O)cc2)cc1. The molecule has 23 heavy (non-hydrogen) atoms. The predicted octanol–water partition coefficient (Wildman–Crippen LogP) is 4.67. The Hall–Kier alpha value is -2.29. The molecule has 122 valence electrons. The summed E-state index contributed by atoms with van der Waals surface area (Å²) < 4.78 is 5.40. The van der Waals surface area contributed by atoms with Gasteiger partial charge in [-0.1, -0.05) is 38.1 Å². The third-order valence-corrected chi connectivity index (χ3v) is 3.99. The fourth-order valence-electron chi connectivity index (χ4n) is 2.24. The molecule has 1 N–H and O–H groups in total. The molecule has 0 radical (unpaired) electrons. The number of ether oxygens (including phenoxy) is 1. The highest BCUT2D eigenvalue weighted by Gasteiger charge is 2.25. The highest BCUT2D eigenvalue weighted by molar-refractivity contribution is 5.77. The van der Waals surface area contributed by atoms with Crippen LogP contribution in [0.3, 0.4) is 0 Å². The van der Waals surface area contributed by atoms with E-state index in [0.29, 0.717) is 5.75 Å². The van der Waals surface area contributed by atoms with Crippen molar-refractivity contribution in [1.82, 2.24) is 0 Å². The van der Waals surface area contributed by atoms with Crippen molar-refractivity contribution >= 4 is 5.97 Å². The Balaban J connectivity index is 2.21. The molecule has 2 rings (SSSR count). The highest BCUT2D eigenvalue weighted by Crippen LogP contribution is 2.33. The van der Waals surface area contributed by atoms with Crippen LogP contribution in [0.4, 0.5) is 0 Å². The van der Waals surface area contributed by atoms with Crippen molar-refractivity contribution in [2.45, 2.75) is 40.0 Å². The Morgan fingerprint density at radius 1 is 0.826 bits per heavy atom. The summed E-state index contributed by atoms with van der Waals surface area (Å²) in [5.74, 6) is 0.562. The van der Waals surface area contributed by atoms with Gasteiger partial charge in [0.2, 0.25) is 0 Å². The number of phenols is 1. The smallest absolute Gasteiger partial charge is 0.316 e. The maximum atomic E-state index is 11.9. The molecule has 0 saturated heterocycles. The van der Waals surface area contributed by atoms with Crippen molar-refractivity contribution in [3.8, 4) is 11.5 Å². The van der Waals surface area contributed by atoms with Crippen LogP contribution in [-0.2, 0) is 10.2 Å². The average molecular weight is 312 g/mol. The van der Waals surface area contributed by atoms with Crippen LogP contribution in [0.1, 0.15) is 45.7 Å². The Morgan fingerprint density at radius 3 is 1.70 bits per heavy atom. The summed E-state index contributed by atoms with van der Waals surface area (Å²) in [5.41, 5.74) is 1.48. The Morgan fingerprint density at radius 2 is 1.26 bits per heavy atom.